The fraction of sp³-hybridized carbons (Fsp3) is 0.250. The van der Waals surface area contributed by atoms with Crippen LogP contribution in [0.3, 0.4) is 0 Å². The van der Waals surface area contributed by atoms with Crippen LogP contribution in [-0.2, 0) is 6.54 Å². The molecule has 2 N–H and O–H groups in total. The van der Waals surface area contributed by atoms with E-state index in [1.807, 2.05) is 71.0 Å². The minimum Gasteiger partial charge on any atom is -0.364 e. The van der Waals surface area contributed by atoms with E-state index in [1.54, 1.807) is 0 Å². The van der Waals surface area contributed by atoms with E-state index in [0.29, 0.717) is 29.2 Å². The standard InChI is InChI=1S/C24H25N5O2/c1-6-28-20-19(21(25)30)26-22(17-9-7-13(2)15(4)11-17)27-23(20)29(24(28)31)18-10-8-14(3)16(5)12-18/h7-12H,6H2,1-5H3,(H2,25,30). The van der Waals surface area contributed by atoms with Crippen molar-refractivity contribution >= 4 is 17.1 Å². The number of amides is 1. The second-order valence-electron chi connectivity index (χ2n) is 7.86. The van der Waals surface area contributed by atoms with Gasteiger partial charge in [0, 0.05) is 12.1 Å². The van der Waals surface area contributed by atoms with E-state index in [-0.39, 0.29) is 11.4 Å². The van der Waals surface area contributed by atoms with Crippen molar-refractivity contribution in [3.63, 3.8) is 0 Å². The lowest BCUT2D eigenvalue weighted by atomic mass is 10.1. The van der Waals surface area contributed by atoms with Gasteiger partial charge in [0.15, 0.2) is 17.2 Å². The molecule has 158 valence electrons. The van der Waals surface area contributed by atoms with Crippen molar-refractivity contribution in [2.45, 2.75) is 41.2 Å². The van der Waals surface area contributed by atoms with E-state index >= 15 is 0 Å². The van der Waals surface area contributed by atoms with Gasteiger partial charge in [-0.05, 0) is 75.1 Å². The average molecular weight is 415 g/mol. The first-order chi connectivity index (χ1) is 14.7. The van der Waals surface area contributed by atoms with Crippen molar-refractivity contribution in [1.29, 1.82) is 0 Å². The summed E-state index contributed by atoms with van der Waals surface area (Å²) in [7, 11) is 0. The predicted octanol–water partition coefficient (Wildman–Crippen LogP) is 3.60. The lowest BCUT2D eigenvalue weighted by Crippen LogP contribution is -2.23. The van der Waals surface area contributed by atoms with Crippen molar-refractivity contribution in [3.8, 4) is 17.1 Å². The minimum atomic E-state index is -0.697. The summed E-state index contributed by atoms with van der Waals surface area (Å²) >= 11 is 0. The topological polar surface area (TPSA) is 95.8 Å². The van der Waals surface area contributed by atoms with Gasteiger partial charge in [0.25, 0.3) is 5.91 Å². The molecule has 7 heteroatoms. The molecule has 7 nitrogen and oxygen atoms in total. The summed E-state index contributed by atoms with van der Waals surface area (Å²) in [5.74, 6) is -0.341. The molecule has 0 fully saturated rings. The Morgan fingerprint density at radius 2 is 1.58 bits per heavy atom. The number of aryl methyl sites for hydroxylation is 5. The van der Waals surface area contributed by atoms with Crippen LogP contribution in [0.15, 0.2) is 41.2 Å². The molecule has 31 heavy (non-hydrogen) atoms. The van der Waals surface area contributed by atoms with E-state index in [4.69, 9.17) is 10.7 Å². The van der Waals surface area contributed by atoms with E-state index in [0.717, 1.165) is 27.8 Å². The lowest BCUT2D eigenvalue weighted by molar-refractivity contribution is 0.0997. The first-order valence-corrected chi connectivity index (χ1v) is 10.2. The largest absolute Gasteiger partial charge is 0.364 e. The Morgan fingerprint density at radius 3 is 2.16 bits per heavy atom. The molecule has 0 saturated heterocycles. The summed E-state index contributed by atoms with van der Waals surface area (Å²) in [5, 5.41) is 0. The van der Waals surface area contributed by atoms with Gasteiger partial charge in [0.1, 0.15) is 5.52 Å². The first-order valence-electron chi connectivity index (χ1n) is 10.2. The maximum Gasteiger partial charge on any atom is 0.335 e. The lowest BCUT2D eigenvalue weighted by Gasteiger charge is -2.09. The fourth-order valence-electron chi connectivity index (χ4n) is 3.73. The Labute approximate surface area is 180 Å². The van der Waals surface area contributed by atoms with Crippen LogP contribution in [-0.4, -0.2) is 25.0 Å². The van der Waals surface area contributed by atoms with Gasteiger partial charge in [-0.25, -0.2) is 19.3 Å². The van der Waals surface area contributed by atoms with Crippen molar-refractivity contribution in [1.82, 2.24) is 19.1 Å². The highest BCUT2D eigenvalue weighted by molar-refractivity contribution is 6.02. The van der Waals surface area contributed by atoms with Gasteiger partial charge >= 0.3 is 5.69 Å². The maximum absolute atomic E-state index is 13.3. The van der Waals surface area contributed by atoms with E-state index in [9.17, 15) is 9.59 Å². The molecule has 4 rings (SSSR count). The number of nitrogens with two attached hydrogens (primary N) is 1. The predicted molar refractivity (Wildman–Crippen MR) is 122 cm³/mol. The van der Waals surface area contributed by atoms with E-state index < -0.39 is 5.91 Å². The van der Waals surface area contributed by atoms with Gasteiger partial charge in [-0.2, -0.15) is 0 Å². The van der Waals surface area contributed by atoms with Gasteiger partial charge in [-0.3, -0.25) is 9.36 Å². The third-order valence-electron chi connectivity index (χ3n) is 5.83. The summed E-state index contributed by atoms with van der Waals surface area (Å²) in [5.41, 5.74) is 12.0. The molecular weight excluding hydrogens is 390 g/mol. The highest BCUT2D eigenvalue weighted by Gasteiger charge is 2.24. The molecule has 0 atom stereocenters. The van der Waals surface area contributed by atoms with Crippen LogP contribution in [0, 0.1) is 27.7 Å². The van der Waals surface area contributed by atoms with E-state index in [2.05, 4.69) is 4.98 Å². The Balaban J connectivity index is 2.13. The molecule has 0 radical (unpaired) electrons. The second kappa shape index (κ2) is 7.50. The van der Waals surface area contributed by atoms with Gasteiger partial charge in [-0.15, -0.1) is 0 Å². The third-order valence-corrected chi connectivity index (χ3v) is 5.83. The van der Waals surface area contributed by atoms with Crippen LogP contribution in [0.5, 0.6) is 0 Å². The van der Waals surface area contributed by atoms with E-state index in [1.165, 1.54) is 9.13 Å². The number of hydrogen-bond donors (Lipinski definition) is 1. The van der Waals surface area contributed by atoms with Crippen molar-refractivity contribution < 1.29 is 4.79 Å². The number of nitrogens with zero attached hydrogens (tertiary/aromatic N) is 4. The number of carbonyl (C=O) groups excluding carboxylic acids is 1. The summed E-state index contributed by atoms with van der Waals surface area (Å²) in [6.07, 6.45) is 0. The highest BCUT2D eigenvalue weighted by Crippen LogP contribution is 2.25. The van der Waals surface area contributed by atoms with Crippen molar-refractivity contribution in [3.05, 3.63) is 74.8 Å². The molecule has 0 saturated carbocycles. The molecule has 2 aromatic heterocycles. The molecular formula is C24H25N5O2. The van der Waals surface area contributed by atoms with Crippen LogP contribution in [0.25, 0.3) is 28.2 Å². The first kappa shape index (κ1) is 20.5. The fourth-order valence-corrected chi connectivity index (χ4v) is 3.73. The quantitative estimate of drug-likeness (QED) is 0.551. The Hall–Kier alpha value is -3.74. The van der Waals surface area contributed by atoms with Gasteiger partial charge in [0.2, 0.25) is 0 Å². The number of imidazole rings is 1. The number of primary amides is 1. The Bertz CT molecular complexity index is 1410. The molecule has 4 aromatic rings. The highest BCUT2D eigenvalue weighted by atomic mass is 16.2. The molecule has 0 aliphatic heterocycles. The summed E-state index contributed by atoms with van der Waals surface area (Å²) in [6, 6.07) is 11.6. The monoisotopic (exact) mass is 415 g/mol. The van der Waals surface area contributed by atoms with Gasteiger partial charge < -0.3 is 5.73 Å². The van der Waals surface area contributed by atoms with Gasteiger partial charge in [-0.1, -0.05) is 18.2 Å². The number of hydrogen-bond acceptors (Lipinski definition) is 4. The molecule has 0 aliphatic rings. The smallest absolute Gasteiger partial charge is 0.335 e. The molecule has 1 amide bonds. The summed E-state index contributed by atoms with van der Waals surface area (Å²) in [6.45, 7) is 10.2. The molecule has 0 aliphatic carbocycles. The molecule has 2 heterocycles. The zero-order chi connectivity index (χ0) is 22.4. The number of fused-ring (bicyclic) bond motifs is 1. The average Bonchev–Trinajstić information content (AvgIpc) is 3.02. The molecule has 0 spiro atoms. The maximum atomic E-state index is 13.3. The molecule has 2 aromatic carbocycles. The number of carbonyl (C=O) groups is 1. The van der Waals surface area contributed by atoms with Crippen LogP contribution in [0.4, 0.5) is 0 Å². The zero-order valence-corrected chi connectivity index (χ0v) is 18.4. The molecule has 0 bridgehead atoms. The number of benzene rings is 2. The molecule has 0 unspecified atom stereocenters. The number of rotatable bonds is 4. The van der Waals surface area contributed by atoms with Crippen LogP contribution < -0.4 is 11.4 Å². The Morgan fingerprint density at radius 1 is 0.935 bits per heavy atom. The third kappa shape index (κ3) is 3.32. The normalized spacial score (nSPS) is 11.3. The van der Waals surface area contributed by atoms with Crippen LogP contribution in [0.1, 0.15) is 39.7 Å². The second-order valence-corrected chi connectivity index (χ2v) is 7.86. The summed E-state index contributed by atoms with van der Waals surface area (Å²) in [4.78, 5) is 34.9. The van der Waals surface area contributed by atoms with Crippen LogP contribution in [0.2, 0.25) is 0 Å². The van der Waals surface area contributed by atoms with Crippen molar-refractivity contribution in [2.24, 2.45) is 5.73 Å². The van der Waals surface area contributed by atoms with Gasteiger partial charge in [0.05, 0.1) is 5.69 Å². The van der Waals surface area contributed by atoms with Crippen molar-refractivity contribution in [2.75, 3.05) is 0 Å². The van der Waals surface area contributed by atoms with Crippen LogP contribution >= 0.6 is 0 Å². The summed E-state index contributed by atoms with van der Waals surface area (Å²) < 4.78 is 3.03. The Kier molecular flexibility index (Phi) is 4.97. The zero-order valence-electron chi connectivity index (χ0n) is 18.4. The SMILES string of the molecule is CCn1c(=O)n(-c2ccc(C)c(C)c2)c2nc(-c3ccc(C)c(C)c3)nc(C(N)=O)c21. The minimum absolute atomic E-state index is 0.0414. The number of aromatic nitrogens is 4.